The van der Waals surface area contributed by atoms with Crippen molar-refractivity contribution in [2.75, 3.05) is 6.61 Å². The molecule has 2 heteroatoms. The highest BCUT2D eigenvalue weighted by Crippen LogP contribution is 2.26. The number of rotatable bonds is 5. The van der Waals surface area contributed by atoms with Crippen molar-refractivity contribution in [2.24, 2.45) is 0 Å². The summed E-state index contributed by atoms with van der Waals surface area (Å²) in [5.74, 6) is 0.749. The summed E-state index contributed by atoms with van der Waals surface area (Å²) in [7, 11) is 0. The molecule has 0 aromatic heterocycles. The first kappa shape index (κ1) is 14.2. The first-order valence-corrected chi connectivity index (χ1v) is 7.43. The molecule has 0 saturated heterocycles. The lowest BCUT2D eigenvalue weighted by molar-refractivity contribution is 0.309. The molecule has 22 heavy (non-hydrogen) atoms. The Morgan fingerprint density at radius 1 is 0.864 bits per heavy atom. The first-order chi connectivity index (χ1) is 10.9. The summed E-state index contributed by atoms with van der Waals surface area (Å²) in [6, 6.07) is 26.4. The lowest BCUT2D eigenvalue weighted by Crippen LogP contribution is -2.04. The van der Waals surface area contributed by atoms with E-state index in [1.54, 1.807) is 0 Å². The second-order valence-electron chi connectivity index (χ2n) is 5.21. The van der Waals surface area contributed by atoms with Gasteiger partial charge in [0, 0.05) is 11.8 Å². The van der Waals surface area contributed by atoms with Gasteiger partial charge in [-0.2, -0.15) is 5.26 Å². The van der Waals surface area contributed by atoms with Crippen LogP contribution in [0.5, 0.6) is 5.75 Å². The Labute approximate surface area is 130 Å². The van der Waals surface area contributed by atoms with Gasteiger partial charge in [-0.3, -0.25) is 0 Å². The molecule has 0 spiro atoms. The topological polar surface area (TPSA) is 33.0 Å². The molecule has 0 aliphatic heterocycles. The third-order valence-corrected chi connectivity index (χ3v) is 3.77. The number of fused-ring (bicyclic) bond motifs is 1. The van der Waals surface area contributed by atoms with Gasteiger partial charge in [-0.15, -0.1) is 0 Å². The zero-order valence-corrected chi connectivity index (χ0v) is 12.3. The molecule has 108 valence electrons. The lowest BCUT2D eigenvalue weighted by atomic mass is 9.98. The van der Waals surface area contributed by atoms with Crippen LogP contribution in [-0.4, -0.2) is 6.61 Å². The van der Waals surface area contributed by atoms with Crippen LogP contribution in [0.1, 0.15) is 17.9 Å². The van der Waals surface area contributed by atoms with E-state index >= 15 is 0 Å². The van der Waals surface area contributed by atoms with Crippen LogP contribution < -0.4 is 4.74 Å². The zero-order chi connectivity index (χ0) is 15.2. The van der Waals surface area contributed by atoms with Crippen LogP contribution in [0.2, 0.25) is 0 Å². The minimum Gasteiger partial charge on any atom is -0.493 e. The molecule has 0 radical (unpaired) electrons. The van der Waals surface area contributed by atoms with E-state index in [0.717, 1.165) is 16.7 Å². The Bertz CT molecular complexity index is 784. The number of hydrogen-bond donors (Lipinski definition) is 0. The molecule has 0 bridgehead atoms. The van der Waals surface area contributed by atoms with Gasteiger partial charge < -0.3 is 4.74 Å². The van der Waals surface area contributed by atoms with Crippen LogP contribution in [0.3, 0.4) is 0 Å². The maximum absolute atomic E-state index is 9.34. The van der Waals surface area contributed by atoms with E-state index in [0.29, 0.717) is 13.0 Å². The average molecular weight is 287 g/mol. The van der Waals surface area contributed by atoms with Crippen LogP contribution in [0.4, 0.5) is 0 Å². The number of nitrogens with zero attached hydrogens (tertiary/aromatic N) is 1. The predicted molar refractivity (Wildman–Crippen MR) is 88.9 cm³/mol. The highest BCUT2D eigenvalue weighted by Gasteiger charge is 2.10. The van der Waals surface area contributed by atoms with Crippen LogP contribution in [0.25, 0.3) is 10.8 Å². The largest absolute Gasteiger partial charge is 0.493 e. The third kappa shape index (κ3) is 3.10. The summed E-state index contributed by atoms with van der Waals surface area (Å²) in [5, 5.41) is 11.6. The molecule has 3 aromatic carbocycles. The molecule has 0 N–H and O–H groups in total. The van der Waals surface area contributed by atoms with Gasteiger partial charge in [0.05, 0.1) is 18.6 Å². The van der Waals surface area contributed by atoms with E-state index in [1.165, 1.54) is 5.39 Å². The Balaban J connectivity index is 1.68. The van der Waals surface area contributed by atoms with Crippen LogP contribution >= 0.6 is 0 Å². The molecule has 3 aromatic rings. The monoisotopic (exact) mass is 287 g/mol. The molecule has 0 fully saturated rings. The van der Waals surface area contributed by atoms with Crippen LogP contribution in [-0.2, 0) is 0 Å². The van der Waals surface area contributed by atoms with E-state index in [2.05, 4.69) is 24.3 Å². The van der Waals surface area contributed by atoms with Gasteiger partial charge in [0.2, 0.25) is 0 Å². The Morgan fingerprint density at radius 3 is 2.41 bits per heavy atom. The van der Waals surface area contributed by atoms with Gasteiger partial charge in [-0.05, 0) is 17.0 Å². The fourth-order valence-corrected chi connectivity index (χ4v) is 2.60. The normalized spacial score (nSPS) is 11.8. The Hall–Kier alpha value is -2.79. The summed E-state index contributed by atoms with van der Waals surface area (Å²) in [6.45, 7) is 0.529. The van der Waals surface area contributed by atoms with Gasteiger partial charge in [0.25, 0.3) is 0 Å². The van der Waals surface area contributed by atoms with Crippen molar-refractivity contribution in [3.63, 3.8) is 0 Å². The molecule has 0 aliphatic carbocycles. The molecular formula is C20H17NO. The predicted octanol–water partition coefficient (Wildman–Crippen LogP) is 4.92. The fraction of sp³-hybridized carbons (Fsp3) is 0.150. The van der Waals surface area contributed by atoms with Gasteiger partial charge >= 0.3 is 0 Å². The van der Waals surface area contributed by atoms with Gasteiger partial charge in [0.1, 0.15) is 5.75 Å². The maximum Gasteiger partial charge on any atom is 0.127 e. The number of benzene rings is 3. The molecule has 0 amide bonds. The van der Waals surface area contributed by atoms with Crippen molar-refractivity contribution in [1.82, 2.24) is 0 Å². The van der Waals surface area contributed by atoms with Crippen molar-refractivity contribution in [3.8, 4) is 11.8 Å². The molecule has 0 aliphatic rings. The van der Waals surface area contributed by atoms with Crippen molar-refractivity contribution < 1.29 is 4.74 Å². The maximum atomic E-state index is 9.34. The molecule has 1 atom stereocenters. The minimum absolute atomic E-state index is 0.129. The summed E-state index contributed by atoms with van der Waals surface area (Å²) >= 11 is 0. The zero-order valence-electron chi connectivity index (χ0n) is 12.3. The van der Waals surface area contributed by atoms with Gasteiger partial charge in [-0.25, -0.2) is 0 Å². The highest BCUT2D eigenvalue weighted by molar-refractivity contribution is 5.88. The number of nitriles is 1. The van der Waals surface area contributed by atoms with Crippen molar-refractivity contribution in [3.05, 3.63) is 78.4 Å². The van der Waals surface area contributed by atoms with Crippen LogP contribution in [0, 0.1) is 11.3 Å². The number of ether oxygens (including phenoxy) is 1. The van der Waals surface area contributed by atoms with Crippen molar-refractivity contribution >= 4 is 10.8 Å². The summed E-state index contributed by atoms with van der Waals surface area (Å²) in [6.07, 6.45) is 0.684. The number of hydrogen-bond acceptors (Lipinski definition) is 2. The standard InChI is InChI=1S/C20H17NO/c21-15-18(16-7-2-1-3-8-16)13-14-22-20-12-6-10-17-9-4-5-11-19(17)20/h1-12,18H,13-14H2. The molecule has 0 saturated carbocycles. The molecule has 0 heterocycles. The fourth-order valence-electron chi connectivity index (χ4n) is 2.60. The van der Waals surface area contributed by atoms with Gasteiger partial charge in [0.15, 0.2) is 0 Å². The van der Waals surface area contributed by atoms with Crippen LogP contribution in [0.15, 0.2) is 72.8 Å². The van der Waals surface area contributed by atoms with Gasteiger partial charge in [-0.1, -0.05) is 66.7 Å². The van der Waals surface area contributed by atoms with E-state index in [1.807, 2.05) is 54.6 Å². The first-order valence-electron chi connectivity index (χ1n) is 7.43. The van der Waals surface area contributed by atoms with E-state index in [9.17, 15) is 5.26 Å². The molecular weight excluding hydrogens is 270 g/mol. The molecule has 2 nitrogen and oxygen atoms in total. The minimum atomic E-state index is -0.129. The second-order valence-corrected chi connectivity index (χ2v) is 5.21. The quantitative estimate of drug-likeness (QED) is 0.667. The average Bonchev–Trinajstić information content (AvgIpc) is 2.59. The lowest BCUT2D eigenvalue weighted by Gasteiger charge is -2.12. The van der Waals surface area contributed by atoms with Crippen molar-refractivity contribution in [2.45, 2.75) is 12.3 Å². The SMILES string of the molecule is N#CC(CCOc1cccc2ccccc12)c1ccccc1. The molecule has 1 unspecified atom stereocenters. The van der Waals surface area contributed by atoms with E-state index < -0.39 is 0 Å². The Morgan fingerprint density at radius 2 is 1.59 bits per heavy atom. The smallest absolute Gasteiger partial charge is 0.127 e. The van der Waals surface area contributed by atoms with E-state index in [-0.39, 0.29) is 5.92 Å². The summed E-state index contributed by atoms with van der Waals surface area (Å²) in [5.41, 5.74) is 1.05. The molecule has 3 rings (SSSR count). The second kappa shape index (κ2) is 6.78. The third-order valence-electron chi connectivity index (χ3n) is 3.77. The summed E-state index contributed by atoms with van der Waals surface area (Å²) in [4.78, 5) is 0. The summed E-state index contributed by atoms with van der Waals surface area (Å²) < 4.78 is 5.92. The Kier molecular flexibility index (Phi) is 4.36. The highest BCUT2D eigenvalue weighted by atomic mass is 16.5. The van der Waals surface area contributed by atoms with E-state index in [4.69, 9.17) is 4.74 Å². The van der Waals surface area contributed by atoms with Crippen molar-refractivity contribution in [1.29, 1.82) is 5.26 Å².